The van der Waals surface area contributed by atoms with Crippen molar-refractivity contribution < 1.29 is 28.5 Å². The van der Waals surface area contributed by atoms with Crippen molar-refractivity contribution in [2.75, 3.05) is 18.5 Å². The van der Waals surface area contributed by atoms with Crippen LogP contribution in [0, 0.1) is 11.6 Å². The van der Waals surface area contributed by atoms with Gasteiger partial charge in [-0.25, -0.2) is 13.8 Å². The van der Waals surface area contributed by atoms with Crippen molar-refractivity contribution in [2.45, 2.75) is 37.9 Å². The van der Waals surface area contributed by atoms with Crippen LogP contribution in [-0.2, 0) is 15.9 Å². The van der Waals surface area contributed by atoms with E-state index < -0.39 is 28.7 Å². The van der Waals surface area contributed by atoms with Gasteiger partial charge in [-0.3, -0.25) is 4.79 Å². The summed E-state index contributed by atoms with van der Waals surface area (Å²) in [5.74, 6) is -2.18. The zero-order valence-corrected chi connectivity index (χ0v) is 19.5. The number of thiophene rings is 1. The van der Waals surface area contributed by atoms with Crippen LogP contribution in [0.25, 0.3) is 10.4 Å². The molecule has 10 heteroatoms. The van der Waals surface area contributed by atoms with Gasteiger partial charge in [-0.2, -0.15) is 0 Å². The summed E-state index contributed by atoms with van der Waals surface area (Å²) in [5, 5.41) is 24.3. The fourth-order valence-electron chi connectivity index (χ4n) is 3.80. The first-order valence-electron chi connectivity index (χ1n) is 10.7. The minimum Gasteiger partial charge on any atom is -0.386 e. The van der Waals surface area contributed by atoms with Gasteiger partial charge in [0.2, 0.25) is 0 Å². The zero-order chi connectivity index (χ0) is 24.7. The number of primary amides is 1. The Bertz CT molecular complexity index is 1210. The van der Waals surface area contributed by atoms with Gasteiger partial charge in [0, 0.05) is 30.9 Å². The fourth-order valence-corrected chi connectivity index (χ4v) is 4.92. The summed E-state index contributed by atoms with van der Waals surface area (Å²) in [5.41, 5.74) is 3.22. The Morgan fingerprint density at radius 2 is 1.85 bits per heavy atom. The smallest absolute Gasteiger partial charge is 0.251 e. The third-order valence-corrected chi connectivity index (χ3v) is 6.85. The predicted molar refractivity (Wildman–Crippen MR) is 125 cm³/mol. The summed E-state index contributed by atoms with van der Waals surface area (Å²) in [7, 11) is 0. The number of carbonyl (C=O) groups excluding carboxylic acids is 1. The molecule has 3 heterocycles. The molecule has 0 spiro atoms. The molecule has 5 N–H and O–H groups in total. The van der Waals surface area contributed by atoms with Crippen molar-refractivity contribution >= 4 is 28.1 Å². The van der Waals surface area contributed by atoms with E-state index in [1.807, 2.05) is 0 Å². The van der Waals surface area contributed by atoms with Crippen molar-refractivity contribution in [3.63, 3.8) is 0 Å². The second-order valence-corrected chi connectivity index (χ2v) is 9.82. The number of nitrogens with one attached hydrogen (secondary N) is 1. The van der Waals surface area contributed by atoms with E-state index in [1.54, 1.807) is 18.2 Å². The lowest BCUT2D eigenvalue weighted by atomic mass is 9.90. The van der Waals surface area contributed by atoms with E-state index in [9.17, 15) is 23.8 Å². The molecule has 3 aromatic rings. The first-order chi connectivity index (χ1) is 16.0. The summed E-state index contributed by atoms with van der Waals surface area (Å²) in [6.45, 7) is 3.69. The van der Waals surface area contributed by atoms with E-state index in [0.29, 0.717) is 37.6 Å². The van der Waals surface area contributed by atoms with Crippen molar-refractivity contribution in [3.05, 3.63) is 64.9 Å². The van der Waals surface area contributed by atoms with Crippen LogP contribution >= 0.6 is 11.3 Å². The molecule has 0 radical (unpaired) electrons. The fraction of sp³-hybridized carbons (Fsp3) is 0.333. The predicted octanol–water partition coefficient (Wildman–Crippen LogP) is 4.16. The topological polar surface area (TPSA) is 118 Å². The van der Waals surface area contributed by atoms with Crippen LogP contribution in [-0.4, -0.2) is 34.3 Å². The number of halogens is 2. The lowest BCUT2D eigenvalue weighted by Gasteiger charge is -2.31. The Labute approximate surface area is 199 Å². The van der Waals surface area contributed by atoms with Gasteiger partial charge in [-0.05, 0) is 49.7 Å². The van der Waals surface area contributed by atoms with Gasteiger partial charge < -0.3 is 26.0 Å². The van der Waals surface area contributed by atoms with Crippen molar-refractivity contribution in [2.24, 2.45) is 5.73 Å². The number of anilines is 2. The molecule has 1 aromatic carbocycles. The number of rotatable bonds is 6. The number of aliphatic hydroxyl groups is 2. The molecular weight excluding hydrogens is 464 g/mol. The van der Waals surface area contributed by atoms with E-state index in [0.717, 1.165) is 23.5 Å². The number of nitrogens with zero attached hydrogens (tertiary/aromatic N) is 1. The monoisotopic (exact) mass is 489 g/mol. The molecule has 1 fully saturated rings. The van der Waals surface area contributed by atoms with Crippen LogP contribution in [0.1, 0.15) is 48.3 Å². The van der Waals surface area contributed by atoms with Gasteiger partial charge >= 0.3 is 0 Å². The number of hydrogen-bond donors (Lipinski definition) is 4. The summed E-state index contributed by atoms with van der Waals surface area (Å²) >= 11 is 0.941. The van der Waals surface area contributed by atoms with Crippen LogP contribution in [0.15, 0.2) is 36.4 Å². The number of benzene rings is 1. The average molecular weight is 490 g/mol. The van der Waals surface area contributed by atoms with E-state index in [-0.39, 0.29) is 26.6 Å². The quantitative estimate of drug-likeness (QED) is 0.413. The number of aromatic nitrogens is 1. The van der Waals surface area contributed by atoms with Crippen molar-refractivity contribution in [1.29, 1.82) is 0 Å². The van der Waals surface area contributed by atoms with E-state index in [2.05, 4.69) is 10.3 Å². The Balaban J connectivity index is 1.70. The first kappa shape index (κ1) is 24.2. The molecule has 0 atom stereocenters. The number of nitrogens with two attached hydrogens (primary N) is 1. The Morgan fingerprint density at radius 3 is 2.44 bits per heavy atom. The molecule has 0 saturated carbocycles. The van der Waals surface area contributed by atoms with Crippen LogP contribution < -0.4 is 11.1 Å². The van der Waals surface area contributed by atoms with Crippen LogP contribution in [0.4, 0.5) is 19.6 Å². The molecule has 34 heavy (non-hydrogen) atoms. The number of carbonyl (C=O) groups is 1. The highest BCUT2D eigenvalue weighted by molar-refractivity contribution is 7.20. The number of hydrogen-bond acceptors (Lipinski definition) is 7. The standard InChI is InChI=1S/C24H25F2N3O4S/c1-23(2,31)13-10-15(25)20(16(26)11-13)17-12-14(21(27)30)22(34-17)29-19-5-3-4-18(28-19)24(32)6-8-33-9-7-24/h3-5,10-12,31-32H,6-9H2,1-2H3,(H2,27,30)(H,28,29). The van der Waals surface area contributed by atoms with Gasteiger partial charge in [0.1, 0.15) is 28.1 Å². The van der Waals surface area contributed by atoms with Crippen LogP contribution in [0.3, 0.4) is 0 Å². The minimum absolute atomic E-state index is 0.0438. The second-order valence-electron chi connectivity index (χ2n) is 8.77. The maximum Gasteiger partial charge on any atom is 0.251 e. The molecule has 1 aliphatic rings. The van der Waals surface area contributed by atoms with Crippen molar-refractivity contribution in [1.82, 2.24) is 4.98 Å². The lowest BCUT2D eigenvalue weighted by molar-refractivity contribution is -0.0704. The summed E-state index contributed by atoms with van der Waals surface area (Å²) < 4.78 is 35.0. The average Bonchev–Trinajstić information content (AvgIpc) is 3.17. The van der Waals surface area contributed by atoms with Crippen molar-refractivity contribution in [3.8, 4) is 10.4 Å². The molecule has 0 bridgehead atoms. The van der Waals surface area contributed by atoms with Gasteiger partial charge in [0.25, 0.3) is 5.91 Å². The first-order valence-corrected chi connectivity index (χ1v) is 11.5. The van der Waals surface area contributed by atoms with Gasteiger partial charge in [-0.15, -0.1) is 11.3 Å². The van der Waals surface area contributed by atoms with Gasteiger partial charge in [-0.1, -0.05) is 6.07 Å². The molecule has 4 rings (SSSR count). The largest absolute Gasteiger partial charge is 0.386 e. The Morgan fingerprint density at radius 1 is 1.21 bits per heavy atom. The highest BCUT2D eigenvalue weighted by Crippen LogP contribution is 2.40. The highest BCUT2D eigenvalue weighted by atomic mass is 32.1. The number of amides is 1. The molecule has 1 saturated heterocycles. The number of ether oxygens (including phenoxy) is 1. The van der Waals surface area contributed by atoms with Gasteiger partial charge in [0.05, 0.1) is 22.4 Å². The maximum absolute atomic E-state index is 14.9. The minimum atomic E-state index is -1.42. The lowest BCUT2D eigenvalue weighted by Crippen LogP contribution is -2.34. The SMILES string of the molecule is CC(C)(O)c1cc(F)c(-c2cc(C(N)=O)c(Nc3cccc(C4(O)CCOCC4)n3)s2)c(F)c1. The zero-order valence-electron chi connectivity index (χ0n) is 18.7. The van der Waals surface area contributed by atoms with Gasteiger partial charge in [0.15, 0.2) is 0 Å². The molecule has 1 aliphatic heterocycles. The molecule has 2 aromatic heterocycles. The molecule has 0 unspecified atom stereocenters. The summed E-state index contributed by atoms with van der Waals surface area (Å²) in [4.78, 5) is 16.7. The summed E-state index contributed by atoms with van der Waals surface area (Å²) in [6.07, 6.45) is 0.802. The molecule has 0 aliphatic carbocycles. The third-order valence-electron chi connectivity index (χ3n) is 5.78. The molecule has 1 amide bonds. The molecular formula is C24H25F2N3O4S. The normalized spacial score (nSPS) is 15.8. The molecule has 7 nitrogen and oxygen atoms in total. The van der Waals surface area contributed by atoms with E-state index in [4.69, 9.17) is 10.5 Å². The Kier molecular flexibility index (Phi) is 6.43. The number of pyridine rings is 1. The van der Waals surface area contributed by atoms with E-state index >= 15 is 0 Å². The highest BCUT2D eigenvalue weighted by Gasteiger charge is 2.33. The molecule has 180 valence electrons. The summed E-state index contributed by atoms with van der Waals surface area (Å²) in [6, 6.07) is 8.52. The second kappa shape index (κ2) is 9.03. The van der Waals surface area contributed by atoms with E-state index in [1.165, 1.54) is 19.9 Å². The third kappa shape index (κ3) is 4.80. The van der Waals surface area contributed by atoms with Crippen LogP contribution in [0.2, 0.25) is 0 Å². The van der Waals surface area contributed by atoms with Crippen LogP contribution in [0.5, 0.6) is 0 Å². The Hall–Kier alpha value is -2.92. The maximum atomic E-state index is 14.9.